The Morgan fingerprint density at radius 3 is 2.71 bits per heavy atom. The second-order valence-corrected chi connectivity index (χ2v) is 7.11. The number of halogens is 1. The van der Waals surface area contributed by atoms with Gasteiger partial charge in [0.25, 0.3) is 10.0 Å². The minimum atomic E-state index is -3.67. The van der Waals surface area contributed by atoms with Crippen molar-refractivity contribution in [1.82, 2.24) is 0 Å². The van der Waals surface area contributed by atoms with E-state index in [1.54, 1.807) is 24.3 Å². The molecule has 0 saturated carbocycles. The number of hydrogen-bond acceptors (Lipinski definition) is 3. The Bertz CT molecular complexity index is 790. The van der Waals surface area contributed by atoms with Crippen LogP contribution in [-0.2, 0) is 16.4 Å². The van der Waals surface area contributed by atoms with Gasteiger partial charge in [-0.15, -0.1) is 0 Å². The average Bonchev–Trinajstić information content (AvgIpc) is 2.80. The maximum atomic E-state index is 12.4. The van der Waals surface area contributed by atoms with Crippen LogP contribution in [0.1, 0.15) is 5.56 Å². The Hall–Kier alpha value is -1.72. The SMILES string of the molecule is CN1CCc2cc(NS(=O)(=O)c3ccccc3Cl)ccc21. The van der Waals surface area contributed by atoms with Gasteiger partial charge in [0.15, 0.2) is 0 Å². The van der Waals surface area contributed by atoms with Crippen molar-refractivity contribution in [2.75, 3.05) is 23.2 Å². The predicted octanol–water partition coefficient (Wildman–Crippen LogP) is 3.13. The third kappa shape index (κ3) is 2.71. The molecule has 0 amide bonds. The zero-order valence-electron chi connectivity index (χ0n) is 11.5. The highest BCUT2D eigenvalue weighted by molar-refractivity contribution is 7.92. The summed E-state index contributed by atoms with van der Waals surface area (Å²) in [5, 5.41) is 0.214. The Kier molecular flexibility index (Phi) is 3.55. The van der Waals surface area contributed by atoms with Gasteiger partial charge in [0.2, 0.25) is 0 Å². The van der Waals surface area contributed by atoms with Crippen LogP contribution in [0, 0.1) is 0 Å². The van der Waals surface area contributed by atoms with Crippen LogP contribution in [0.25, 0.3) is 0 Å². The Labute approximate surface area is 129 Å². The fraction of sp³-hybridized carbons (Fsp3) is 0.200. The summed E-state index contributed by atoms with van der Waals surface area (Å²) in [4.78, 5) is 2.24. The number of benzene rings is 2. The molecule has 2 aromatic rings. The van der Waals surface area contributed by atoms with Crippen molar-refractivity contribution in [2.45, 2.75) is 11.3 Å². The highest BCUT2D eigenvalue weighted by atomic mass is 35.5. The summed E-state index contributed by atoms with van der Waals surface area (Å²) >= 11 is 5.96. The molecule has 0 radical (unpaired) electrons. The van der Waals surface area contributed by atoms with Crippen molar-refractivity contribution in [3.63, 3.8) is 0 Å². The predicted molar refractivity (Wildman–Crippen MR) is 85.7 cm³/mol. The monoisotopic (exact) mass is 322 g/mol. The summed E-state index contributed by atoms with van der Waals surface area (Å²) in [6.07, 6.45) is 0.924. The lowest BCUT2D eigenvalue weighted by Gasteiger charge is -2.13. The standard InChI is InChI=1S/C15H15ClN2O2S/c1-18-9-8-11-10-12(6-7-14(11)18)17-21(19,20)15-5-3-2-4-13(15)16/h2-7,10,17H,8-9H2,1H3. The number of hydrogen-bond donors (Lipinski definition) is 1. The molecule has 110 valence electrons. The number of rotatable bonds is 3. The first-order valence-electron chi connectivity index (χ1n) is 6.59. The normalized spacial score (nSPS) is 14.1. The Balaban J connectivity index is 1.92. The summed E-state index contributed by atoms with van der Waals surface area (Å²) in [5.74, 6) is 0. The topological polar surface area (TPSA) is 49.4 Å². The molecular weight excluding hydrogens is 308 g/mol. The molecular formula is C15H15ClN2O2S. The second-order valence-electron chi connectivity index (χ2n) is 5.05. The molecule has 0 atom stereocenters. The van der Waals surface area contributed by atoms with Gasteiger partial charge in [-0.3, -0.25) is 4.72 Å². The minimum Gasteiger partial charge on any atom is -0.374 e. The maximum absolute atomic E-state index is 12.4. The summed E-state index contributed by atoms with van der Waals surface area (Å²) in [6.45, 7) is 0.954. The molecule has 0 aromatic heterocycles. The van der Waals surface area contributed by atoms with E-state index in [-0.39, 0.29) is 9.92 Å². The number of likely N-dealkylation sites (N-methyl/N-ethyl adjacent to an activating group) is 1. The van der Waals surface area contributed by atoms with Crippen molar-refractivity contribution in [3.8, 4) is 0 Å². The van der Waals surface area contributed by atoms with Gasteiger partial charge in [-0.1, -0.05) is 23.7 Å². The first-order valence-corrected chi connectivity index (χ1v) is 8.45. The van der Waals surface area contributed by atoms with E-state index in [9.17, 15) is 8.42 Å². The van der Waals surface area contributed by atoms with Gasteiger partial charge in [-0.25, -0.2) is 8.42 Å². The molecule has 4 nitrogen and oxygen atoms in total. The molecule has 1 aliphatic rings. The first kappa shape index (κ1) is 14.2. The zero-order chi connectivity index (χ0) is 15.0. The van der Waals surface area contributed by atoms with Crippen LogP contribution in [0.3, 0.4) is 0 Å². The molecule has 2 aromatic carbocycles. The van der Waals surface area contributed by atoms with Gasteiger partial charge in [0, 0.05) is 25.0 Å². The first-order chi connectivity index (χ1) is 9.97. The molecule has 0 fully saturated rings. The maximum Gasteiger partial charge on any atom is 0.263 e. The van der Waals surface area contributed by atoms with E-state index >= 15 is 0 Å². The largest absolute Gasteiger partial charge is 0.374 e. The van der Waals surface area contributed by atoms with E-state index in [1.165, 1.54) is 6.07 Å². The van der Waals surface area contributed by atoms with Crippen molar-refractivity contribution < 1.29 is 8.42 Å². The van der Waals surface area contributed by atoms with Crippen molar-refractivity contribution in [2.24, 2.45) is 0 Å². The molecule has 0 spiro atoms. The molecule has 1 heterocycles. The molecule has 0 unspecified atom stereocenters. The average molecular weight is 323 g/mol. The van der Waals surface area contributed by atoms with Gasteiger partial charge in [0.05, 0.1) is 5.02 Å². The van der Waals surface area contributed by atoms with Crippen molar-refractivity contribution >= 4 is 33.0 Å². The second kappa shape index (κ2) is 5.24. The lowest BCUT2D eigenvalue weighted by Crippen LogP contribution is -2.14. The lowest BCUT2D eigenvalue weighted by molar-refractivity contribution is 0.601. The van der Waals surface area contributed by atoms with E-state index in [2.05, 4.69) is 9.62 Å². The molecule has 6 heteroatoms. The van der Waals surface area contributed by atoms with Crippen LogP contribution in [0.5, 0.6) is 0 Å². The summed E-state index contributed by atoms with van der Waals surface area (Å²) in [7, 11) is -1.64. The lowest BCUT2D eigenvalue weighted by atomic mass is 10.1. The fourth-order valence-electron chi connectivity index (χ4n) is 2.50. The van der Waals surface area contributed by atoms with E-state index in [0.29, 0.717) is 5.69 Å². The molecule has 1 N–H and O–H groups in total. The number of sulfonamides is 1. The fourth-order valence-corrected chi connectivity index (χ4v) is 4.07. The quantitative estimate of drug-likeness (QED) is 0.944. The highest BCUT2D eigenvalue weighted by Gasteiger charge is 2.20. The third-order valence-electron chi connectivity index (χ3n) is 3.59. The molecule has 0 aliphatic carbocycles. The Morgan fingerprint density at radius 1 is 1.19 bits per heavy atom. The summed E-state index contributed by atoms with van der Waals surface area (Å²) < 4.78 is 27.4. The van der Waals surface area contributed by atoms with Gasteiger partial charge in [-0.05, 0) is 42.3 Å². The zero-order valence-corrected chi connectivity index (χ0v) is 13.1. The third-order valence-corrected chi connectivity index (χ3v) is 5.47. The van der Waals surface area contributed by atoms with Gasteiger partial charge in [-0.2, -0.15) is 0 Å². The van der Waals surface area contributed by atoms with Crippen molar-refractivity contribution in [3.05, 3.63) is 53.1 Å². The van der Waals surface area contributed by atoms with Gasteiger partial charge in [0.1, 0.15) is 4.90 Å². The number of fused-ring (bicyclic) bond motifs is 1. The van der Waals surface area contributed by atoms with Crippen molar-refractivity contribution in [1.29, 1.82) is 0 Å². The van der Waals surface area contributed by atoms with E-state index in [1.807, 2.05) is 19.2 Å². The molecule has 0 bridgehead atoms. The van der Waals surface area contributed by atoms with Gasteiger partial charge < -0.3 is 4.90 Å². The number of anilines is 2. The molecule has 0 saturated heterocycles. The summed E-state index contributed by atoms with van der Waals surface area (Å²) in [5.41, 5.74) is 2.86. The smallest absolute Gasteiger partial charge is 0.263 e. The van der Waals surface area contributed by atoms with E-state index in [0.717, 1.165) is 24.2 Å². The molecule has 1 aliphatic heterocycles. The van der Waals surface area contributed by atoms with Crippen LogP contribution >= 0.6 is 11.6 Å². The number of nitrogens with one attached hydrogen (secondary N) is 1. The number of nitrogens with zero attached hydrogens (tertiary/aromatic N) is 1. The molecule has 21 heavy (non-hydrogen) atoms. The van der Waals surface area contributed by atoms with Crippen LogP contribution in [-0.4, -0.2) is 22.0 Å². The molecule has 3 rings (SSSR count). The Morgan fingerprint density at radius 2 is 1.95 bits per heavy atom. The van der Waals surface area contributed by atoms with E-state index in [4.69, 9.17) is 11.6 Å². The van der Waals surface area contributed by atoms with Crippen LogP contribution < -0.4 is 9.62 Å². The van der Waals surface area contributed by atoms with E-state index < -0.39 is 10.0 Å². The van der Waals surface area contributed by atoms with Crippen LogP contribution in [0.4, 0.5) is 11.4 Å². The van der Waals surface area contributed by atoms with Gasteiger partial charge >= 0.3 is 0 Å². The minimum absolute atomic E-state index is 0.0873. The van der Waals surface area contributed by atoms with Crippen LogP contribution in [0.15, 0.2) is 47.4 Å². The summed E-state index contributed by atoms with van der Waals surface area (Å²) in [6, 6.07) is 12.0. The van der Waals surface area contributed by atoms with Crippen LogP contribution in [0.2, 0.25) is 5.02 Å². The highest BCUT2D eigenvalue weighted by Crippen LogP contribution is 2.30.